The van der Waals surface area contributed by atoms with Gasteiger partial charge in [0, 0.05) is 12.8 Å². The Morgan fingerprint density at radius 2 is 0.744 bits per heavy atom. The molecule has 9 nitrogen and oxygen atoms in total. The van der Waals surface area contributed by atoms with Gasteiger partial charge in [0.05, 0.1) is 33.8 Å². The number of rotatable bonds is 63. The van der Waals surface area contributed by atoms with Gasteiger partial charge in [-0.3, -0.25) is 14.2 Å². The van der Waals surface area contributed by atoms with Gasteiger partial charge >= 0.3 is 5.97 Å². The van der Waals surface area contributed by atoms with E-state index in [2.05, 4.69) is 38.2 Å². The van der Waals surface area contributed by atoms with Gasteiger partial charge in [-0.05, 0) is 57.4 Å². The summed E-state index contributed by atoms with van der Waals surface area (Å²) in [5.74, 6) is -0.530. The third-order valence-corrected chi connectivity index (χ3v) is 16.6. The fraction of sp³-hybridized carbons (Fsp3) is 0.912. The van der Waals surface area contributed by atoms with Gasteiger partial charge in [0.1, 0.15) is 19.3 Å². The number of likely N-dealkylation sites (N-methyl/N-ethyl adjacent to an activating group) is 1. The quantitative estimate of drug-likeness (QED) is 0.0212. The minimum atomic E-state index is -4.70. The van der Waals surface area contributed by atoms with Gasteiger partial charge in [0.15, 0.2) is 0 Å². The molecular formula is C68H133N2O7P. The van der Waals surface area contributed by atoms with Crippen molar-refractivity contribution in [3.05, 3.63) is 24.3 Å². The molecular weight excluding hydrogens is 988 g/mol. The van der Waals surface area contributed by atoms with Gasteiger partial charge in [-0.2, -0.15) is 0 Å². The zero-order valence-corrected chi connectivity index (χ0v) is 53.8. The highest BCUT2D eigenvalue weighted by Crippen LogP contribution is 2.38. The molecule has 0 saturated carbocycles. The molecule has 0 aromatic carbocycles. The summed E-state index contributed by atoms with van der Waals surface area (Å²) in [5, 5.41) is 3.04. The predicted octanol–water partition coefficient (Wildman–Crippen LogP) is 20.7. The minimum Gasteiger partial charge on any atom is -0.756 e. The van der Waals surface area contributed by atoms with Crippen LogP contribution in [-0.2, 0) is 27.9 Å². The van der Waals surface area contributed by atoms with Crippen LogP contribution in [0.1, 0.15) is 348 Å². The molecule has 0 rings (SSSR count). The highest BCUT2D eigenvalue weighted by Gasteiger charge is 2.27. The van der Waals surface area contributed by atoms with E-state index in [4.69, 9.17) is 13.8 Å². The van der Waals surface area contributed by atoms with Crippen LogP contribution in [0, 0.1) is 0 Å². The maximum Gasteiger partial charge on any atom is 0.306 e. The number of carbonyl (C=O) groups excluding carboxylic acids is 2. The van der Waals surface area contributed by atoms with Crippen LogP contribution in [0.2, 0.25) is 0 Å². The Hall–Kier alpha value is -1.51. The fourth-order valence-electron chi connectivity index (χ4n) is 10.3. The normalized spacial score (nSPS) is 13.7. The van der Waals surface area contributed by atoms with Gasteiger partial charge in [-0.1, -0.05) is 302 Å². The molecule has 78 heavy (non-hydrogen) atoms. The fourth-order valence-corrected chi connectivity index (χ4v) is 11.1. The highest BCUT2D eigenvalue weighted by molar-refractivity contribution is 7.45. The van der Waals surface area contributed by atoms with Crippen molar-refractivity contribution in [3.8, 4) is 0 Å². The Labute approximate surface area is 485 Å². The molecule has 0 heterocycles. The number of phosphoric ester groups is 1. The van der Waals surface area contributed by atoms with Crippen LogP contribution in [0.3, 0.4) is 0 Å². The lowest BCUT2D eigenvalue weighted by Crippen LogP contribution is -2.47. The second-order valence-corrected chi connectivity index (χ2v) is 26.1. The topological polar surface area (TPSA) is 114 Å². The lowest BCUT2D eigenvalue weighted by molar-refractivity contribution is -0.870. The number of carbonyl (C=O) groups is 2. The Morgan fingerprint density at radius 3 is 1.09 bits per heavy atom. The van der Waals surface area contributed by atoms with E-state index >= 15 is 0 Å². The summed E-state index contributed by atoms with van der Waals surface area (Å²) in [6.45, 7) is 6.89. The molecule has 0 aliphatic heterocycles. The SMILES string of the molecule is CCCCCCCCC/C=C/CCCCCCCC(=O)NC(COP(=O)([O-])OCC[N+](C)(C)C)C(/C=C\CCCCCCCCCCCCC)OC(=O)CCCCCCCCCCCCCCCCCCCCCCCCC. The maximum atomic E-state index is 13.6. The number of hydrogen-bond donors (Lipinski definition) is 1. The van der Waals surface area contributed by atoms with E-state index in [0.717, 1.165) is 77.0 Å². The van der Waals surface area contributed by atoms with Gasteiger partial charge in [-0.25, -0.2) is 0 Å². The molecule has 0 aromatic rings. The molecule has 0 aromatic heterocycles. The van der Waals surface area contributed by atoms with Crippen molar-refractivity contribution >= 4 is 19.7 Å². The predicted molar refractivity (Wildman–Crippen MR) is 335 cm³/mol. The van der Waals surface area contributed by atoms with Gasteiger partial charge in [0.25, 0.3) is 7.82 Å². The monoisotopic (exact) mass is 1120 g/mol. The molecule has 1 N–H and O–H groups in total. The van der Waals surface area contributed by atoms with Crippen LogP contribution >= 0.6 is 7.82 Å². The van der Waals surface area contributed by atoms with Gasteiger partial charge in [0.2, 0.25) is 5.91 Å². The first-order chi connectivity index (χ1) is 37.9. The first-order valence-electron chi connectivity index (χ1n) is 34.1. The van der Waals surface area contributed by atoms with Crippen LogP contribution in [0.5, 0.6) is 0 Å². The van der Waals surface area contributed by atoms with Crippen LogP contribution in [0.15, 0.2) is 24.3 Å². The van der Waals surface area contributed by atoms with E-state index in [0.29, 0.717) is 17.4 Å². The Balaban J connectivity index is 5.11. The summed E-state index contributed by atoms with van der Waals surface area (Å²) < 4.78 is 30.4. The molecule has 10 heteroatoms. The van der Waals surface area contributed by atoms with Crippen molar-refractivity contribution in [1.82, 2.24) is 5.32 Å². The van der Waals surface area contributed by atoms with Crippen molar-refractivity contribution < 1.29 is 37.3 Å². The van der Waals surface area contributed by atoms with Crippen LogP contribution < -0.4 is 10.2 Å². The van der Waals surface area contributed by atoms with Crippen LogP contribution in [-0.4, -0.2) is 69.4 Å². The number of nitrogens with zero attached hydrogens (tertiary/aromatic N) is 1. The first kappa shape index (κ1) is 76.5. The molecule has 0 aliphatic carbocycles. The third kappa shape index (κ3) is 59.1. The molecule has 0 fully saturated rings. The Morgan fingerprint density at radius 1 is 0.436 bits per heavy atom. The number of phosphoric acid groups is 1. The number of quaternary nitrogens is 1. The standard InChI is InChI=1S/C68H133N2O7P/c1-7-10-13-16-19-22-25-28-30-32-33-34-35-36-37-38-40-43-46-49-52-55-58-61-68(72)77-66(59-56-53-50-47-44-41-27-24-21-18-15-12-9-3)65(64-76-78(73,74)75-63-62-70(4,5)6)69-67(71)60-57-54-51-48-45-42-39-31-29-26-23-20-17-14-11-8-2/h31,39,56,59,65-66H,7-30,32-38,40-55,57-58,60-64H2,1-6H3,(H-,69,71,73,74)/b39-31+,59-56-. The molecule has 1 amide bonds. The number of ether oxygens (including phenoxy) is 1. The zero-order valence-electron chi connectivity index (χ0n) is 52.9. The maximum absolute atomic E-state index is 13.6. The molecule has 0 saturated heterocycles. The molecule has 0 aliphatic rings. The first-order valence-corrected chi connectivity index (χ1v) is 35.6. The van der Waals surface area contributed by atoms with E-state index in [1.807, 2.05) is 33.3 Å². The highest BCUT2D eigenvalue weighted by atomic mass is 31.2. The number of esters is 1. The van der Waals surface area contributed by atoms with E-state index in [-0.39, 0.29) is 31.5 Å². The second-order valence-electron chi connectivity index (χ2n) is 24.7. The summed E-state index contributed by atoms with van der Waals surface area (Å²) in [4.78, 5) is 40.1. The van der Waals surface area contributed by atoms with Crippen LogP contribution in [0.25, 0.3) is 0 Å². The average Bonchev–Trinajstić information content (AvgIpc) is 3.40. The summed E-state index contributed by atoms with van der Waals surface area (Å²) >= 11 is 0. The summed E-state index contributed by atoms with van der Waals surface area (Å²) in [6, 6.07) is -0.887. The molecule has 0 radical (unpaired) electrons. The minimum absolute atomic E-state index is 0.0202. The number of allylic oxidation sites excluding steroid dienone is 3. The number of hydrogen-bond acceptors (Lipinski definition) is 7. The molecule has 0 bridgehead atoms. The third-order valence-electron chi connectivity index (χ3n) is 15.6. The lowest BCUT2D eigenvalue weighted by atomic mass is 10.0. The lowest BCUT2D eigenvalue weighted by Gasteiger charge is -2.30. The van der Waals surface area contributed by atoms with E-state index in [9.17, 15) is 19.0 Å². The molecule has 462 valence electrons. The second kappa shape index (κ2) is 58.7. The van der Waals surface area contributed by atoms with E-state index in [1.54, 1.807) is 0 Å². The van der Waals surface area contributed by atoms with Crippen molar-refractivity contribution in [2.45, 2.75) is 360 Å². The van der Waals surface area contributed by atoms with Crippen molar-refractivity contribution in [2.75, 3.05) is 40.9 Å². The number of nitrogens with one attached hydrogen (secondary N) is 1. The van der Waals surface area contributed by atoms with Gasteiger partial charge < -0.3 is 28.5 Å². The smallest absolute Gasteiger partial charge is 0.306 e. The number of unbranched alkanes of at least 4 members (excludes halogenated alkanes) is 45. The van der Waals surface area contributed by atoms with Crippen molar-refractivity contribution in [1.29, 1.82) is 0 Å². The van der Waals surface area contributed by atoms with Crippen LogP contribution in [0.4, 0.5) is 0 Å². The van der Waals surface area contributed by atoms with Crippen molar-refractivity contribution in [2.24, 2.45) is 0 Å². The molecule has 0 spiro atoms. The average molecular weight is 1120 g/mol. The van der Waals surface area contributed by atoms with Crippen molar-refractivity contribution in [3.63, 3.8) is 0 Å². The molecule has 3 unspecified atom stereocenters. The summed E-state index contributed by atoms with van der Waals surface area (Å²) in [5.41, 5.74) is 0. The zero-order chi connectivity index (χ0) is 57.2. The number of amides is 1. The van der Waals surface area contributed by atoms with E-state index in [1.165, 1.54) is 238 Å². The largest absolute Gasteiger partial charge is 0.756 e. The van der Waals surface area contributed by atoms with E-state index < -0.39 is 20.0 Å². The molecule has 3 atom stereocenters. The van der Waals surface area contributed by atoms with Gasteiger partial charge in [-0.15, -0.1) is 0 Å². The Bertz CT molecular complexity index is 1380. The summed E-state index contributed by atoms with van der Waals surface area (Å²) in [7, 11) is 1.20. The Kier molecular flexibility index (Phi) is 57.5. The summed E-state index contributed by atoms with van der Waals surface area (Å²) in [6.07, 6.45) is 70.1.